The van der Waals surface area contributed by atoms with Gasteiger partial charge in [0, 0.05) is 6.54 Å². The third kappa shape index (κ3) is 7.47. The molecule has 0 aromatic carbocycles. The summed E-state index contributed by atoms with van der Waals surface area (Å²) in [6.07, 6.45) is 1.53. The molecule has 0 atom stereocenters. The van der Waals surface area contributed by atoms with Crippen LogP contribution < -0.4 is 0 Å². The lowest BCUT2D eigenvalue weighted by Crippen LogP contribution is -2.22. The van der Waals surface area contributed by atoms with Gasteiger partial charge in [-0.1, -0.05) is 11.6 Å². The lowest BCUT2D eigenvalue weighted by Gasteiger charge is -2.26. The van der Waals surface area contributed by atoms with Gasteiger partial charge >= 0.3 is 15.2 Å². The second-order valence-corrected chi connectivity index (χ2v) is 11.4. The van der Waals surface area contributed by atoms with Crippen LogP contribution in [0.15, 0.2) is 6.33 Å². The zero-order chi connectivity index (χ0) is 23.1. The van der Waals surface area contributed by atoms with Gasteiger partial charge in [-0.3, -0.25) is 9.13 Å². The number of fused-ring (bicyclic) bond motifs is 1. The number of rotatable bonds is 14. The summed E-state index contributed by atoms with van der Waals surface area (Å²) in [5.74, 6) is -0.474. The van der Waals surface area contributed by atoms with Gasteiger partial charge in [0.1, 0.15) is 5.52 Å². The molecule has 2 heterocycles. The molecule has 0 radical (unpaired) electrons. The molecule has 14 heteroatoms. The Bertz CT molecular complexity index is 908. The van der Waals surface area contributed by atoms with Gasteiger partial charge in [-0.15, -0.1) is 0 Å². The fourth-order valence-electron chi connectivity index (χ4n) is 3.17. The Kier molecular flexibility index (Phi) is 10.4. The van der Waals surface area contributed by atoms with Gasteiger partial charge in [-0.2, -0.15) is 4.98 Å². The van der Waals surface area contributed by atoms with Gasteiger partial charge in [0.05, 0.1) is 45.1 Å². The summed E-state index contributed by atoms with van der Waals surface area (Å²) in [6.45, 7) is 8.01. The van der Waals surface area contributed by atoms with Crippen LogP contribution in [0.1, 0.15) is 27.7 Å². The fraction of sp³-hybridized carbons (Fsp3) is 0.706. The number of hydrogen-bond donors (Lipinski definition) is 0. The van der Waals surface area contributed by atoms with Gasteiger partial charge in [0.25, 0.3) is 0 Å². The Labute approximate surface area is 192 Å². The fourth-order valence-corrected chi connectivity index (χ4v) is 7.70. The SMILES string of the molecule is CCOP(=O)(CC(Cn1cnc2c(Cl)nc(Cl)nc21)CP(=O)(OCC)OCC)OCC. The first-order chi connectivity index (χ1) is 14.7. The minimum absolute atomic E-state index is 0.00500. The Morgan fingerprint density at radius 3 is 1.84 bits per heavy atom. The molecule has 0 bridgehead atoms. The zero-order valence-electron chi connectivity index (χ0n) is 18.0. The summed E-state index contributed by atoms with van der Waals surface area (Å²) in [7, 11) is -6.90. The van der Waals surface area contributed by atoms with Crippen molar-refractivity contribution in [3.63, 3.8) is 0 Å². The van der Waals surface area contributed by atoms with Gasteiger partial charge in [-0.05, 0) is 45.2 Å². The van der Waals surface area contributed by atoms with Crippen molar-refractivity contribution in [2.75, 3.05) is 38.8 Å². The van der Waals surface area contributed by atoms with Crippen LogP contribution in [-0.2, 0) is 33.8 Å². The summed E-state index contributed by atoms with van der Waals surface area (Å²) >= 11 is 12.1. The highest BCUT2D eigenvalue weighted by Crippen LogP contribution is 2.55. The van der Waals surface area contributed by atoms with Crippen LogP contribution in [0.25, 0.3) is 11.2 Å². The first-order valence-electron chi connectivity index (χ1n) is 9.99. The quantitative estimate of drug-likeness (QED) is 0.188. The predicted octanol–water partition coefficient (Wildman–Crippen LogP) is 5.28. The second-order valence-electron chi connectivity index (χ2n) is 6.48. The Morgan fingerprint density at radius 2 is 1.39 bits per heavy atom. The number of nitrogens with zero attached hydrogens (tertiary/aromatic N) is 4. The average Bonchev–Trinajstić information content (AvgIpc) is 3.05. The van der Waals surface area contributed by atoms with Gasteiger partial charge in [0.2, 0.25) is 5.28 Å². The molecule has 2 aromatic rings. The smallest absolute Gasteiger partial charge is 0.315 e. The number of imidazole rings is 1. The summed E-state index contributed by atoms with van der Waals surface area (Å²) < 4.78 is 49.9. The minimum atomic E-state index is -3.45. The first-order valence-corrected chi connectivity index (χ1v) is 14.2. The molecule has 176 valence electrons. The molecule has 0 N–H and O–H groups in total. The van der Waals surface area contributed by atoms with E-state index in [1.54, 1.807) is 32.3 Å². The van der Waals surface area contributed by atoms with Crippen LogP contribution in [0.4, 0.5) is 0 Å². The molecule has 0 spiro atoms. The van der Waals surface area contributed by atoms with Gasteiger partial charge in [-0.25, -0.2) is 9.97 Å². The molecule has 0 aliphatic heterocycles. The molecule has 0 fully saturated rings. The summed E-state index contributed by atoms with van der Waals surface area (Å²) in [5.41, 5.74) is 0.778. The van der Waals surface area contributed by atoms with E-state index in [-0.39, 0.29) is 55.7 Å². The molecule has 10 nitrogen and oxygen atoms in total. The highest BCUT2D eigenvalue weighted by molar-refractivity contribution is 7.55. The van der Waals surface area contributed by atoms with Crippen LogP contribution >= 0.6 is 38.4 Å². The number of hydrogen-bond acceptors (Lipinski definition) is 9. The maximum Gasteiger partial charge on any atom is 0.331 e. The van der Waals surface area contributed by atoms with Gasteiger partial charge < -0.3 is 22.7 Å². The molecule has 0 saturated heterocycles. The Hall–Kier alpha value is -0.570. The van der Waals surface area contributed by atoms with Crippen molar-refractivity contribution in [3.8, 4) is 0 Å². The molecule has 2 rings (SSSR count). The molecular weight excluding hydrogens is 489 g/mol. The van der Waals surface area contributed by atoms with Crippen LogP contribution in [-0.4, -0.2) is 58.3 Å². The largest absolute Gasteiger partial charge is 0.331 e. The predicted molar refractivity (Wildman–Crippen MR) is 120 cm³/mol. The van der Waals surface area contributed by atoms with Crippen molar-refractivity contribution >= 4 is 49.6 Å². The standard InChI is InChI=1S/C17H28Cl2N4O6P2/c1-5-26-30(24,27-6-2)10-13(11-31(25,28-7-3)29-8-4)9-23-12-20-14-15(18)21-17(19)22-16(14)23/h12-13H,5-11H2,1-4H3. The highest BCUT2D eigenvalue weighted by atomic mass is 35.5. The molecule has 0 amide bonds. The average molecular weight is 517 g/mol. The molecule has 2 aromatic heterocycles. The van der Waals surface area contributed by atoms with Crippen molar-refractivity contribution in [1.82, 2.24) is 19.5 Å². The third-order valence-electron chi connectivity index (χ3n) is 4.12. The van der Waals surface area contributed by atoms with Crippen LogP contribution in [0.5, 0.6) is 0 Å². The maximum absolute atomic E-state index is 13.2. The lowest BCUT2D eigenvalue weighted by molar-refractivity contribution is 0.208. The summed E-state index contributed by atoms with van der Waals surface area (Å²) in [6, 6.07) is 0. The van der Waals surface area contributed by atoms with Crippen molar-refractivity contribution in [1.29, 1.82) is 0 Å². The summed E-state index contributed by atoms with van der Waals surface area (Å²) in [5, 5.41) is 0.0910. The lowest BCUT2D eigenvalue weighted by atomic mass is 10.2. The second kappa shape index (κ2) is 12.1. The van der Waals surface area contributed by atoms with E-state index in [1.165, 1.54) is 6.33 Å². The Morgan fingerprint density at radius 1 is 0.903 bits per heavy atom. The van der Waals surface area contributed by atoms with Crippen molar-refractivity contribution in [2.45, 2.75) is 34.2 Å². The van der Waals surface area contributed by atoms with E-state index >= 15 is 0 Å². The number of halogens is 2. The van der Waals surface area contributed by atoms with E-state index in [4.69, 9.17) is 41.3 Å². The van der Waals surface area contributed by atoms with Crippen molar-refractivity contribution in [2.24, 2.45) is 5.92 Å². The zero-order valence-corrected chi connectivity index (χ0v) is 21.3. The molecule has 0 aliphatic carbocycles. The molecule has 0 unspecified atom stereocenters. The van der Waals surface area contributed by atoms with Crippen molar-refractivity contribution < 1.29 is 27.2 Å². The first kappa shape index (κ1) is 26.7. The van der Waals surface area contributed by atoms with Crippen molar-refractivity contribution in [3.05, 3.63) is 16.8 Å². The minimum Gasteiger partial charge on any atom is -0.315 e. The highest BCUT2D eigenvalue weighted by Gasteiger charge is 2.35. The van der Waals surface area contributed by atoms with E-state index in [0.29, 0.717) is 11.2 Å². The van der Waals surface area contributed by atoms with Crippen LogP contribution in [0, 0.1) is 5.92 Å². The molecule has 0 saturated carbocycles. The molecule has 0 aliphatic rings. The Balaban J connectivity index is 2.41. The topological polar surface area (TPSA) is 115 Å². The maximum atomic E-state index is 13.2. The van der Waals surface area contributed by atoms with E-state index in [2.05, 4.69) is 15.0 Å². The van der Waals surface area contributed by atoms with Crippen LogP contribution in [0.2, 0.25) is 10.4 Å². The normalized spacial score (nSPS) is 12.9. The monoisotopic (exact) mass is 516 g/mol. The molecule has 31 heavy (non-hydrogen) atoms. The third-order valence-corrected chi connectivity index (χ3v) is 9.08. The van der Waals surface area contributed by atoms with Gasteiger partial charge in [0.15, 0.2) is 10.8 Å². The van der Waals surface area contributed by atoms with Crippen LogP contribution in [0.3, 0.4) is 0 Å². The van der Waals surface area contributed by atoms with E-state index in [0.717, 1.165) is 0 Å². The summed E-state index contributed by atoms with van der Waals surface area (Å²) in [4.78, 5) is 12.3. The molecular formula is C17H28Cl2N4O6P2. The van der Waals surface area contributed by atoms with E-state index in [1.807, 2.05) is 0 Å². The van der Waals surface area contributed by atoms with E-state index < -0.39 is 21.1 Å². The van der Waals surface area contributed by atoms with E-state index in [9.17, 15) is 9.13 Å². The number of aromatic nitrogens is 4.